The lowest BCUT2D eigenvalue weighted by molar-refractivity contribution is -0.122. The van der Waals surface area contributed by atoms with Gasteiger partial charge < -0.3 is 16.0 Å². The molecule has 1 unspecified atom stereocenters. The lowest BCUT2D eigenvalue weighted by Crippen LogP contribution is -2.50. The van der Waals surface area contributed by atoms with E-state index in [1.54, 1.807) is 0 Å². The highest BCUT2D eigenvalue weighted by molar-refractivity contribution is 7.85. The van der Waals surface area contributed by atoms with Crippen LogP contribution < -0.4 is 16.0 Å². The first-order chi connectivity index (χ1) is 9.72. The number of rotatable bonds is 2. The number of carbonyl (C=O) groups is 1. The van der Waals surface area contributed by atoms with Crippen molar-refractivity contribution in [1.29, 1.82) is 0 Å². The fourth-order valence-electron chi connectivity index (χ4n) is 2.61. The number of nitrogens with one attached hydrogen (secondary N) is 3. The van der Waals surface area contributed by atoms with Crippen LogP contribution in [-0.2, 0) is 15.6 Å². The summed E-state index contributed by atoms with van der Waals surface area (Å²) in [7, 11) is -0.689. The molecule has 3 rings (SSSR count). The van der Waals surface area contributed by atoms with Crippen LogP contribution in [0.5, 0.6) is 0 Å². The highest BCUT2D eigenvalue weighted by atomic mass is 32.2. The van der Waals surface area contributed by atoms with E-state index < -0.39 is 10.8 Å². The standard InChI is InChI=1S/C14H19N3O2S/c18-14(16-10-5-7-20(19)8-6-10)13-9-15-11-3-1-2-4-12(11)17-13/h1-4,10,13,15,17H,5-9H2,(H,16,18). The van der Waals surface area contributed by atoms with Gasteiger partial charge in [0, 0.05) is 34.9 Å². The summed E-state index contributed by atoms with van der Waals surface area (Å²) in [5.74, 6) is 1.42. The first kappa shape index (κ1) is 13.4. The van der Waals surface area contributed by atoms with Crippen LogP contribution in [0.1, 0.15) is 12.8 Å². The topological polar surface area (TPSA) is 70.2 Å². The van der Waals surface area contributed by atoms with E-state index in [0.29, 0.717) is 18.1 Å². The first-order valence-corrected chi connectivity index (χ1v) is 8.46. The summed E-state index contributed by atoms with van der Waals surface area (Å²) < 4.78 is 11.3. The van der Waals surface area contributed by atoms with Crippen molar-refractivity contribution in [1.82, 2.24) is 5.32 Å². The highest BCUT2D eigenvalue weighted by Crippen LogP contribution is 2.25. The van der Waals surface area contributed by atoms with Crippen LogP contribution in [-0.4, -0.2) is 40.3 Å². The van der Waals surface area contributed by atoms with E-state index in [-0.39, 0.29) is 18.0 Å². The number of carbonyl (C=O) groups excluding carboxylic acids is 1. The number of anilines is 2. The number of fused-ring (bicyclic) bond motifs is 1. The van der Waals surface area contributed by atoms with E-state index in [2.05, 4.69) is 16.0 Å². The molecule has 0 bridgehead atoms. The van der Waals surface area contributed by atoms with Crippen LogP contribution >= 0.6 is 0 Å². The van der Waals surface area contributed by atoms with Crippen LogP contribution in [0.15, 0.2) is 24.3 Å². The molecule has 2 aliphatic rings. The van der Waals surface area contributed by atoms with Gasteiger partial charge >= 0.3 is 0 Å². The average Bonchev–Trinajstić information content (AvgIpc) is 2.49. The molecule has 6 heteroatoms. The molecular formula is C14H19N3O2S. The largest absolute Gasteiger partial charge is 0.381 e. The third-order valence-corrected chi connectivity index (χ3v) is 5.19. The minimum atomic E-state index is -0.689. The Balaban J connectivity index is 1.57. The molecular weight excluding hydrogens is 274 g/mol. The van der Waals surface area contributed by atoms with Gasteiger partial charge in [0.2, 0.25) is 5.91 Å². The number of amides is 1. The summed E-state index contributed by atoms with van der Waals surface area (Å²) in [4.78, 5) is 12.3. The van der Waals surface area contributed by atoms with E-state index in [1.165, 1.54) is 0 Å². The van der Waals surface area contributed by atoms with Gasteiger partial charge in [-0.1, -0.05) is 12.1 Å². The number of hydrogen-bond acceptors (Lipinski definition) is 4. The molecule has 5 nitrogen and oxygen atoms in total. The van der Waals surface area contributed by atoms with Crippen molar-refractivity contribution in [2.75, 3.05) is 28.7 Å². The Kier molecular flexibility index (Phi) is 3.91. The Labute approximate surface area is 121 Å². The molecule has 1 fully saturated rings. The van der Waals surface area contributed by atoms with Gasteiger partial charge in [0.05, 0.1) is 11.4 Å². The maximum Gasteiger partial charge on any atom is 0.244 e. The van der Waals surface area contributed by atoms with Crippen molar-refractivity contribution in [3.63, 3.8) is 0 Å². The molecule has 20 heavy (non-hydrogen) atoms. The normalized spacial score (nSPS) is 28.7. The third kappa shape index (κ3) is 2.95. The highest BCUT2D eigenvalue weighted by Gasteiger charge is 2.26. The number of para-hydroxylation sites is 2. The second kappa shape index (κ2) is 5.83. The Morgan fingerprint density at radius 1 is 1.20 bits per heavy atom. The zero-order chi connectivity index (χ0) is 13.9. The molecule has 1 amide bonds. The Hall–Kier alpha value is -1.56. The van der Waals surface area contributed by atoms with Crippen molar-refractivity contribution >= 4 is 28.1 Å². The smallest absolute Gasteiger partial charge is 0.244 e. The van der Waals surface area contributed by atoms with Gasteiger partial charge in [0.15, 0.2) is 0 Å². The molecule has 1 aromatic rings. The summed E-state index contributed by atoms with van der Waals surface area (Å²) in [5, 5.41) is 9.59. The zero-order valence-electron chi connectivity index (χ0n) is 11.2. The fraction of sp³-hybridized carbons (Fsp3) is 0.500. The molecule has 2 heterocycles. The summed E-state index contributed by atoms with van der Waals surface area (Å²) in [6, 6.07) is 7.79. The number of hydrogen-bond donors (Lipinski definition) is 3. The minimum Gasteiger partial charge on any atom is -0.381 e. The van der Waals surface area contributed by atoms with Crippen LogP contribution in [0.25, 0.3) is 0 Å². The van der Waals surface area contributed by atoms with E-state index in [0.717, 1.165) is 24.2 Å². The second-order valence-electron chi connectivity index (χ2n) is 5.25. The quantitative estimate of drug-likeness (QED) is 0.758. The molecule has 0 saturated carbocycles. The maximum absolute atomic E-state index is 12.3. The molecule has 0 aromatic heterocycles. The molecule has 0 radical (unpaired) electrons. The van der Waals surface area contributed by atoms with Crippen LogP contribution in [0.4, 0.5) is 11.4 Å². The molecule has 3 N–H and O–H groups in total. The van der Waals surface area contributed by atoms with Crippen molar-refractivity contribution in [3.05, 3.63) is 24.3 Å². The number of benzene rings is 1. The van der Waals surface area contributed by atoms with Gasteiger partial charge in [-0.05, 0) is 25.0 Å². The molecule has 0 aliphatic carbocycles. The Morgan fingerprint density at radius 3 is 2.65 bits per heavy atom. The molecule has 1 saturated heterocycles. The predicted octanol–water partition coefficient (Wildman–Crippen LogP) is 0.920. The SMILES string of the molecule is O=C(NC1CCS(=O)CC1)C1CNc2ccccc2N1. The van der Waals surface area contributed by atoms with Gasteiger partial charge in [0.25, 0.3) is 0 Å². The summed E-state index contributed by atoms with van der Waals surface area (Å²) in [6.45, 7) is 0.585. The lowest BCUT2D eigenvalue weighted by atomic mass is 10.1. The van der Waals surface area contributed by atoms with Gasteiger partial charge in [-0.15, -0.1) is 0 Å². The van der Waals surface area contributed by atoms with Crippen molar-refractivity contribution in [2.45, 2.75) is 24.9 Å². The predicted molar refractivity (Wildman–Crippen MR) is 81.4 cm³/mol. The molecule has 1 aromatic carbocycles. The molecule has 1 atom stereocenters. The minimum absolute atomic E-state index is 0.0182. The van der Waals surface area contributed by atoms with Gasteiger partial charge in [-0.25, -0.2) is 0 Å². The second-order valence-corrected chi connectivity index (χ2v) is 6.95. The molecule has 108 valence electrons. The summed E-state index contributed by atoms with van der Waals surface area (Å²) in [5.41, 5.74) is 1.99. The zero-order valence-corrected chi connectivity index (χ0v) is 12.0. The first-order valence-electron chi connectivity index (χ1n) is 6.97. The van der Waals surface area contributed by atoms with Crippen molar-refractivity contribution < 1.29 is 9.00 Å². The lowest BCUT2D eigenvalue weighted by Gasteiger charge is -2.30. The average molecular weight is 293 g/mol. The van der Waals surface area contributed by atoms with E-state index in [9.17, 15) is 9.00 Å². The third-order valence-electron chi connectivity index (χ3n) is 3.80. The summed E-state index contributed by atoms with van der Waals surface area (Å²) >= 11 is 0. The van der Waals surface area contributed by atoms with Gasteiger partial charge in [-0.3, -0.25) is 9.00 Å². The summed E-state index contributed by atoms with van der Waals surface area (Å²) in [6.07, 6.45) is 1.63. The van der Waals surface area contributed by atoms with Crippen molar-refractivity contribution in [2.24, 2.45) is 0 Å². The van der Waals surface area contributed by atoms with Gasteiger partial charge in [-0.2, -0.15) is 0 Å². The Bertz CT molecular complexity index is 525. The molecule has 2 aliphatic heterocycles. The molecule has 0 spiro atoms. The van der Waals surface area contributed by atoms with E-state index >= 15 is 0 Å². The van der Waals surface area contributed by atoms with Gasteiger partial charge in [0.1, 0.15) is 6.04 Å². The fourth-order valence-corrected chi connectivity index (χ4v) is 3.91. The Morgan fingerprint density at radius 2 is 1.90 bits per heavy atom. The monoisotopic (exact) mass is 293 g/mol. The van der Waals surface area contributed by atoms with Crippen LogP contribution in [0, 0.1) is 0 Å². The van der Waals surface area contributed by atoms with E-state index in [1.807, 2.05) is 24.3 Å². The van der Waals surface area contributed by atoms with E-state index in [4.69, 9.17) is 0 Å². The maximum atomic E-state index is 12.3. The van der Waals surface area contributed by atoms with Crippen LogP contribution in [0.3, 0.4) is 0 Å². The van der Waals surface area contributed by atoms with Crippen molar-refractivity contribution in [3.8, 4) is 0 Å². The van der Waals surface area contributed by atoms with Crippen LogP contribution in [0.2, 0.25) is 0 Å².